The van der Waals surface area contributed by atoms with E-state index in [2.05, 4.69) is 40.8 Å². The van der Waals surface area contributed by atoms with E-state index < -0.39 is 0 Å². The van der Waals surface area contributed by atoms with E-state index in [1.54, 1.807) is 0 Å². The second-order valence-electron chi connectivity index (χ2n) is 3.88. The summed E-state index contributed by atoms with van der Waals surface area (Å²) in [6, 6.07) is 2.85. The van der Waals surface area contributed by atoms with E-state index in [1.165, 1.54) is 21.9 Å². The van der Waals surface area contributed by atoms with Crippen molar-refractivity contribution in [3.8, 4) is 0 Å². The second kappa shape index (κ2) is 5.89. The lowest BCUT2D eigenvalue weighted by atomic mass is 10.3. The average molecular weight is 242 g/mol. The Labute approximate surface area is 99.8 Å². The molecule has 84 valence electrons. The van der Waals surface area contributed by atoms with Crippen LogP contribution in [0.15, 0.2) is 11.4 Å². The zero-order chi connectivity index (χ0) is 10.5. The van der Waals surface area contributed by atoms with Gasteiger partial charge in [-0.3, -0.25) is 0 Å². The summed E-state index contributed by atoms with van der Waals surface area (Å²) < 4.78 is 0. The van der Waals surface area contributed by atoms with Gasteiger partial charge < -0.3 is 10.6 Å². The van der Waals surface area contributed by atoms with Crippen LogP contribution < -0.4 is 10.6 Å². The number of hydrogen-bond acceptors (Lipinski definition) is 4. The van der Waals surface area contributed by atoms with Crippen LogP contribution in [0.1, 0.15) is 10.4 Å². The summed E-state index contributed by atoms with van der Waals surface area (Å²) in [6.45, 7) is 5.45. The third-order valence-corrected chi connectivity index (χ3v) is 4.80. The highest BCUT2D eigenvalue weighted by molar-refractivity contribution is 7.99. The lowest BCUT2D eigenvalue weighted by Crippen LogP contribution is -2.44. The molecule has 0 amide bonds. The van der Waals surface area contributed by atoms with Gasteiger partial charge in [0.15, 0.2) is 0 Å². The van der Waals surface area contributed by atoms with Crippen molar-refractivity contribution >= 4 is 23.1 Å². The largest absolute Gasteiger partial charge is 0.311 e. The van der Waals surface area contributed by atoms with Crippen LogP contribution in [0.4, 0.5) is 0 Å². The van der Waals surface area contributed by atoms with Gasteiger partial charge in [0.2, 0.25) is 0 Å². The minimum atomic E-state index is 0.656. The highest BCUT2D eigenvalue weighted by atomic mass is 32.2. The molecule has 1 aromatic rings. The van der Waals surface area contributed by atoms with Crippen LogP contribution in [0.2, 0.25) is 0 Å². The van der Waals surface area contributed by atoms with Crippen molar-refractivity contribution < 1.29 is 0 Å². The summed E-state index contributed by atoms with van der Waals surface area (Å²) >= 11 is 3.90. The highest BCUT2D eigenvalue weighted by Crippen LogP contribution is 2.15. The van der Waals surface area contributed by atoms with E-state index in [0.717, 1.165) is 19.6 Å². The zero-order valence-electron chi connectivity index (χ0n) is 9.08. The highest BCUT2D eigenvalue weighted by Gasteiger charge is 2.11. The topological polar surface area (TPSA) is 24.1 Å². The molecule has 0 spiro atoms. The quantitative estimate of drug-likeness (QED) is 0.842. The van der Waals surface area contributed by atoms with Crippen molar-refractivity contribution in [3.63, 3.8) is 0 Å². The molecule has 0 radical (unpaired) electrons. The smallest absolute Gasteiger partial charge is 0.0303 e. The molecule has 4 heteroatoms. The SMILES string of the molecule is Cc1ccsc1CNCC1CSCCN1. The summed E-state index contributed by atoms with van der Waals surface area (Å²) in [7, 11) is 0. The Balaban J connectivity index is 1.68. The molecular weight excluding hydrogens is 224 g/mol. The van der Waals surface area contributed by atoms with Gasteiger partial charge in [-0.15, -0.1) is 11.3 Å². The van der Waals surface area contributed by atoms with E-state index in [0.29, 0.717) is 6.04 Å². The van der Waals surface area contributed by atoms with Crippen molar-refractivity contribution in [1.29, 1.82) is 0 Å². The molecule has 2 nitrogen and oxygen atoms in total. The normalized spacial score (nSPS) is 21.8. The van der Waals surface area contributed by atoms with Crippen molar-refractivity contribution in [3.05, 3.63) is 21.9 Å². The van der Waals surface area contributed by atoms with Gasteiger partial charge in [-0.2, -0.15) is 11.8 Å². The molecule has 1 saturated heterocycles. The minimum absolute atomic E-state index is 0.656. The average Bonchev–Trinajstić information content (AvgIpc) is 2.66. The maximum absolute atomic E-state index is 3.53. The predicted octanol–water partition coefficient (Wildman–Crippen LogP) is 1.85. The molecule has 2 N–H and O–H groups in total. The lowest BCUT2D eigenvalue weighted by Gasteiger charge is -2.23. The molecule has 1 unspecified atom stereocenters. The first-order valence-corrected chi connectivity index (χ1v) is 7.44. The Morgan fingerprint density at radius 3 is 3.20 bits per heavy atom. The van der Waals surface area contributed by atoms with E-state index in [9.17, 15) is 0 Å². The molecular formula is C11H18N2S2. The van der Waals surface area contributed by atoms with Crippen LogP contribution in [0.3, 0.4) is 0 Å². The van der Waals surface area contributed by atoms with E-state index >= 15 is 0 Å². The molecule has 1 atom stereocenters. The Morgan fingerprint density at radius 2 is 2.53 bits per heavy atom. The van der Waals surface area contributed by atoms with Crippen LogP contribution in [0.5, 0.6) is 0 Å². The molecule has 1 fully saturated rings. The number of nitrogens with one attached hydrogen (secondary N) is 2. The second-order valence-corrected chi connectivity index (χ2v) is 6.03. The Hall–Kier alpha value is -0.0300. The summed E-state index contributed by atoms with van der Waals surface area (Å²) in [5.41, 5.74) is 1.42. The number of rotatable bonds is 4. The molecule has 1 aliphatic heterocycles. The summed E-state index contributed by atoms with van der Waals surface area (Å²) in [5, 5.41) is 9.23. The number of aryl methyl sites for hydroxylation is 1. The predicted molar refractivity (Wildman–Crippen MR) is 69.9 cm³/mol. The molecule has 1 aliphatic rings. The zero-order valence-corrected chi connectivity index (χ0v) is 10.7. The first-order valence-electron chi connectivity index (χ1n) is 5.41. The van der Waals surface area contributed by atoms with Gasteiger partial charge in [-0.1, -0.05) is 0 Å². The minimum Gasteiger partial charge on any atom is -0.311 e. The van der Waals surface area contributed by atoms with Gasteiger partial charge in [0, 0.05) is 42.1 Å². The number of thiophene rings is 1. The molecule has 0 bridgehead atoms. The fourth-order valence-corrected chi connectivity index (χ4v) is 3.52. The maximum Gasteiger partial charge on any atom is 0.0303 e. The molecule has 2 heterocycles. The van der Waals surface area contributed by atoms with Crippen LogP contribution in [0.25, 0.3) is 0 Å². The third kappa shape index (κ3) is 3.48. The van der Waals surface area contributed by atoms with Gasteiger partial charge in [0.25, 0.3) is 0 Å². The molecule has 0 saturated carbocycles. The fourth-order valence-electron chi connectivity index (χ4n) is 1.70. The van der Waals surface area contributed by atoms with Gasteiger partial charge in [-0.25, -0.2) is 0 Å². The standard InChI is InChI=1S/C11H18N2S2/c1-9-2-4-15-11(9)7-12-6-10-8-14-5-3-13-10/h2,4,10,12-13H,3,5-8H2,1H3. The van der Waals surface area contributed by atoms with Crippen molar-refractivity contribution in [1.82, 2.24) is 10.6 Å². The summed E-state index contributed by atoms with van der Waals surface area (Å²) in [5.74, 6) is 2.51. The Bertz CT molecular complexity index is 293. The monoisotopic (exact) mass is 242 g/mol. The van der Waals surface area contributed by atoms with Crippen molar-refractivity contribution in [2.75, 3.05) is 24.6 Å². The maximum atomic E-state index is 3.53. The van der Waals surface area contributed by atoms with Gasteiger partial charge in [-0.05, 0) is 23.9 Å². The van der Waals surface area contributed by atoms with Crippen molar-refractivity contribution in [2.45, 2.75) is 19.5 Å². The Morgan fingerprint density at radius 1 is 1.60 bits per heavy atom. The van der Waals surface area contributed by atoms with Gasteiger partial charge >= 0.3 is 0 Å². The molecule has 0 aromatic carbocycles. The van der Waals surface area contributed by atoms with Crippen LogP contribution in [-0.4, -0.2) is 30.6 Å². The summed E-state index contributed by atoms with van der Waals surface area (Å²) in [4.78, 5) is 1.47. The molecule has 0 aliphatic carbocycles. The van der Waals surface area contributed by atoms with Crippen molar-refractivity contribution in [2.24, 2.45) is 0 Å². The van der Waals surface area contributed by atoms with Crippen LogP contribution >= 0.6 is 23.1 Å². The van der Waals surface area contributed by atoms with E-state index in [4.69, 9.17) is 0 Å². The number of hydrogen-bond donors (Lipinski definition) is 2. The fraction of sp³-hybridized carbons (Fsp3) is 0.636. The van der Waals surface area contributed by atoms with E-state index in [-0.39, 0.29) is 0 Å². The van der Waals surface area contributed by atoms with Gasteiger partial charge in [0.1, 0.15) is 0 Å². The Kier molecular flexibility index (Phi) is 4.50. The van der Waals surface area contributed by atoms with Crippen LogP contribution in [-0.2, 0) is 6.54 Å². The molecule has 15 heavy (non-hydrogen) atoms. The first kappa shape index (κ1) is 11.5. The molecule has 1 aromatic heterocycles. The first-order chi connectivity index (χ1) is 7.36. The van der Waals surface area contributed by atoms with Gasteiger partial charge in [0.05, 0.1) is 0 Å². The number of thioether (sulfide) groups is 1. The lowest BCUT2D eigenvalue weighted by molar-refractivity contribution is 0.515. The van der Waals surface area contributed by atoms with E-state index in [1.807, 2.05) is 11.3 Å². The summed E-state index contributed by atoms with van der Waals surface area (Å²) in [6.07, 6.45) is 0. The molecule has 2 rings (SSSR count). The van der Waals surface area contributed by atoms with Crippen LogP contribution in [0, 0.1) is 6.92 Å². The third-order valence-electron chi connectivity index (χ3n) is 2.64.